The van der Waals surface area contributed by atoms with Crippen molar-refractivity contribution in [3.8, 4) is 0 Å². The predicted molar refractivity (Wildman–Crippen MR) is 123 cm³/mol. The zero-order valence-electron chi connectivity index (χ0n) is 17.3. The van der Waals surface area contributed by atoms with Crippen molar-refractivity contribution in [3.63, 3.8) is 0 Å². The number of likely N-dealkylation sites (tertiary alicyclic amines) is 1. The summed E-state index contributed by atoms with van der Waals surface area (Å²) in [5.74, 6) is 0.187. The molecular weight excluding hydrogens is 464 g/mol. The molecule has 1 aliphatic rings. The molecule has 3 rings (SSSR count). The van der Waals surface area contributed by atoms with Gasteiger partial charge in [-0.3, -0.25) is 9.69 Å². The molecule has 0 atom stereocenters. The molecule has 0 spiro atoms. The van der Waals surface area contributed by atoms with Crippen LogP contribution in [-0.4, -0.2) is 62.1 Å². The van der Waals surface area contributed by atoms with Crippen molar-refractivity contribution in [3.05, 3.63) is 64.6 Å². The number of benzene rings is 2. The predicted octanol–water partition coefficient (Wildman–Crippen LogP) is 4.24. The Morgan fingerprint density at radius 2 is 1.67 bits per heavy atom. The Labute approximate surface area is 188 Å². The van der Waals surface area contributed by atoms with E-state index in [2.05, 4.69) is 27.8 Å². The Bertz CT molecular complexity index is 925. The zero-order valence-corrected chi connectivity index (χ0v) is 19.7. The third-order valence-corrected chi connectivity index (χ3v) is 7.86. The summed E-state index contributed by atoms with van der Waals surface area (Å²) in [5.41, 5.74) is 0.724. The average molecular weight is 493 g/mol. The van der Waals surface area contributed by atoms with Crippen LogP contribution >= 0.6 is 15.9 Å². The molecule has 0 aliphatic carbocycles. The minimum Gasteiger partial charge on any atom is -0.339 e. The number of sulfone groups is 1. The van der Waals surface area contributed by atoms with Crippen LogP contribution < -0.4 is 0 Å². The van der Waals surface area contributed by atoms with E-state index < -0.39 is 9.84 Å². The molecule has 0 radical (unpaired) electrons. The van der Waals surface area contributed by atoms with Crippen molar-refractivity contribution in [2.75, 3.05) is 31.9 Å². The van der Waals surface area contributed by atoms with Gasteiger partial charge in [0.05, 0.1) is 10.6 Å². The van der Waals surface area contributed by atoms with Crippen LogP contribution in [0.5, 0.6) is 0 Å². The molecule has 0 unspecified atom stereocenters. The number of carbonyl (C=O) groups excluding carboxylic acids is 1. The lowest BCUT2D eigenvalue weighted by Crippen LogP contribution is -2.48. The van der Waals surface area contributed by atoms with E-state index in [1.807, 2.05) is 35.2 Å². The molecule has 2 aromatic carbocycles. The molecule has 1 heterocycles. The summed E-state index contributed by atoms with van der Waals surface area (Å²) in [6.07, 6.45) is 2.72. The molecule has 0 bridgehead atoms. The first-order chi connectivity index (χ1) is 14.4. The number of amides is 1. The molecule has 30 heavy (non-hydrogen) atoms. The van der Waals surface area contributed by atoms with Crippen LogP contribution in [0.3, 0.4) is 0 Å². The number of nitrogens with zero attached hydrogens (tertiary/aromatic N) is 2. The molecule has 7 heteroatoms. The SMILES string of the molecule is CCCN(CCS(=O)(=O)c1ccc(Br)cc1)C1CCN(C(=O)c2ccccc2)CC1. The summed E-state index contributed by atoms with van der Waals surface area (Å²) < 4.78 is 26.3. The van der Waals surface area contributed by atoms with Gasteiger partial charge in [0.25, 0.3) is 5.91 Å². The van der Waals surface area contributed by atoms with Gasteiger partial charge in [-0.15, -0.1) is 0 Å². The highest BCUT2D eigenvalue weighted by Crippen LogP contribution is 2.21. The van der Waals surface area contributed by atoms with Gasteiger partial charge in [0.1, 0.15) is 0 Å². The third kappa shape index (κ3) is 5.93. The highest BCUT2D eigenvalue weighted by atomic mass is 79.9. The smallest absolute Gasteiger partial charge is 0.253 e. The molecule has 162 valence electrons. The molecule has 1 saturated heterocycles. The number of piperidine rings is 1. The fraction of sp³-hybridized carbons (Fsp3) is 0.435. The molecular formula is C23H29BrN2O3S. The van der Waals surface area contributed by atoms with Gasteiger partial charge < -0.3 is 4.90 Å². The molecule has 0 saturated carbocycles. The van der Waals surface area contributed by atoms with E-state index in [0.717, 1.165) is 35.8 Å². The Kier molecular flexibility index (Phi) is 8.08. The summed E-state index contributed by atoms with van der Waals surface area (Å²) in [4.78, 5) is 17.2. The molecule has 0 N–H and O–H groups in total. The van der Waals surface area contributed by atoms with Crippen molar-refractivity contribution in [2.24, 2.45) is 0 Å². The van der Waals surface area contributed by atoms with E-state index in [0.29, 0.717) is 30.6 Å². The number of hydrogen-bond acceptors (Lipinski definition) is 4. The summed E-state index contributed by atoms with van der Waals surface area (Å²) in [6, 6.07) is 16.5. The fourth-order valence-corrected chi connectivity index (χ4v) is 5.48. The fourth-order valence-electron chi connectivity index (χ4n) is 3.96. The quantitative estimate of drug-likeness (QED) is 0.552. The van der Waals surface area contributed by atoms with E-state index in [9.17, 15) is 13.2 Å². The standard InChI is InChI=1S/C23H29BrN2O3S/c1-2-14-25(17-18-30(28,29)22-10-8-20(24)9-11-22)21-12-15-26(16-13-21)23(27)19-6-4-3-5-7-19/h3-11,21H,2,12-18H2,1H3. The van der Waals surface area contributed by atoms with Gasteiger partial charge >= 0.3 is 0 Å². The normalized spacial score (nSPS) is 15.5. The minimum atomic E-state index is -3.32. The van der Waals surface area contributed by atoms with Crippen molar-refractivity contribution in [1.29, 1.82) is 0 Å². The van der Waals surface area contributed by atoms with Gasteiger partial charge in [0, 0.05) is 35.7 Å². The second-order valence-corrected chi connectivity index (χ2v) is 10.7. The van der Waals surface area contributed by atoms with E-state index in [1.54, 1.807) is 24.3 Å². The molecule has 1 fully saturated rings. The lowest BCUT2D eigenvalue weighted by Gasteiger charge is -2.38. The van der Waals surface area contributed by atoms with Crippen molar-refractivity contribution < 1.29 is 13.2 Å². The Balaban J connectivity index is 1.58. The summed E-state index contributed by atoms with van der Waals surface area (Å²) in [6.45, 7) is 4.91. The third-order valence-electron chi connectivity index (χ3n) is 5.62. The highest BCUT2D eigenvalue weighted by Gasteiger charge is 2.28. The molecule has 1 aliphatic heterocycles. The lowest BCUT2D eigenvalue weighted by molar-refractivity contribution is 0.0626. The first kappa shape index (κ1) is 23.0. The van der Waals surface area contributed by atoms with Gasteiger partial charge in [0.15, 0.2) is 9.84 Å². The number of halogens is 1. The maximum atomic E-state index is 12.7. The van der Waals surface area contributed by atoms with Crippen LogP contribution in [0.1, 0.15) is 36.5 Å². The first-order valence-electron chi connectivity index (χ1n) is 10.5. The Hall–Kier alpha value is -1.70. The average Bonchev–Trinajstić information content (AvgIpc) is 2.77. The van der Waals surface area contributed by atoms with E-state index in [4.69, 9.17) is 0 Å². The van der Waals surface area contributed by atoms with Gasteiger partial charge in [0.2, 0.25) is 0 Å². The monoisotopic (exact) mass is 492 g/mol. The van der Waals surface area contributed by atoms with Crippen LogP contribution in [-0.2, 0) is 9.84 Å². The first-order valence-corrected chi connectivity index (χ1v) is 12.9. The Morgan fingerprint density at radius 1 is 1.03 bits per heavy atom. The molecule has 1 amide bonds. The van der Waals surface area contributed by atoms with Gasteiger partial charge in [-0.1, -0.05) is 41.1 Å². The van der Waals surface area contributed by atoms with Crippen molar-refractivity contribution in [1.82, 2.24) is 9.80 Å². The van der Waals surface area contributed by atoms with Crippen LogP contribution in [0.25, 0.3) is 0 Å². The summed E-state index contributed by atoms with van der Waals surface area (Å²) in [7, 11) is -3.32. The van der Waals surface area contributed by atoms with Gasteiger partial charge in [-0.05, 0) is 62.2 Å². The highest BCUT2D eigenvalue weighted by molar-refractivity contribution is 9.10. The van der Waals surface area contributed by atoms with E-state index >= 15 is 0 Å². The molecule has 0 aromatic heterocycles. The minimum absolute atomic E-state index is 0.0777. The number of hydrogen-bond donors (Lipinski definition) is 0. The maximum absolute atomic E-state index is 12.7. The zero-order chi connectivity index (χ0) is 21.6. The van der Waals surface area contributed by atoms with Crippen LogP contribution in [0.15, 0.2) is 64.0 Å². The number of rotatable bonds is 8. The second-order valence-electron chi connectivity index (χ2n) is 7.70. The van der Waals surface area contributed by atoms with Gasteiger partial charge in [-0.25, -0.2) is 8.42 Å². The van der Waals surface area contributed by atoms with Crippen LogP contribution in [0.4, 0.5) is 0 Å². The summed E-state index contributed by atoms with van der Waals surface area (Å²) >= 11 is 3.35. The molecule has 2 aromatic rings. The topological polar surface area (TPSA) is 57.7 Å². The van der Waals surface area contributed by atoms with Crippen molar-refractivity contribution in [2.45, 2.75) is 37.1 Å². The molecule has 5 nitrogen and oxygen atoms in total. The van der Waals surface area contributed by atoms with Crippen LogP contribution in [0, 0.1) is 0 Å². The summed E-state index contributed by atoms with van der Waals surface area (Å²) in [5, 5.41) is 0. The second kappa shape index (κ2) is 10.6. The number of carbonyl (C=O) groups is 1. The van der Waals surface area contributed by atoms with E-state index in [1.165, 1.54) is 0 Å². The lowest BCUT2D eigenvalue weighted by atomic mass is 10.0. The van der Waals surface area contributed by atoms with Crippen LogP contribution in [0.2, 0.25) is 0 Å². The van der Waals surface area contributed by atoms with Crippen molar-refractivity contribution >= 4 is 31.7 Å². The van der Waals surface area contributed by atoms with E-state index in [-0.39, 0.29) is 11.7 Å². The largest absolute Gasteiger partial charge is 0.339 e. The van der Waals surface area contributed by atoms with Gasteiger partial charge in [-0.2, -0.15) is 0 Å². The maximum Gasteiger partial charge on any atom is 0.253 e. The Morgan fingerprint density at radius 3 is 2.27 bits per heavy atom.